The minimum atomic E-state index is 0.0961. The molecule has 0 spiro atoms. The number of hydrogen-bond acceptors (Lipinski definition) is 1. The number of anilines is 1. The van der Waals surface area contributed by atoms with Crippen LogP contribution in [0.3, 0.4) is 0 Å². The van der Waals surface area contributed by atoms with Gasteiger partial charge in [-0.25, -0.2) is 0 Å². The van der Waals surface area contributed by atoms with Crippen LogP contribution in [-0.4, -0.2) is 16.9 Å². The number of rotatable bonds is 0. The lowest BCUT2D eigenvalue weighted by Gasteiger charge is -2.19. The van der Waals surface area contributed by atoms with Crippen molar-refractivity contribution < 1.29 is 4.79 Å². The van der Waals surface area contributed by atoms with Gasteiger partial charge in [-0.3, -0.25) is 4.79 Å². The Morgan fingerprint density at radius 1 is 1.53 bits per heavy atom. The number of aryl methyl sites for hydroxylation is 1. The predicted octanol–water partition coefficient (Wildman–Crippen LogP) is 3.16. The second-order valence-corrected chi connectivity index (χ2v) is 6.10. The van der Waals surface area contributed by atoms with Crippen molar-refractivity contribution in [1.82, 2.24) is 0 Å². The number of carbonyl (C=O) groups excluding carboxylic acids is 1. The maximum absolute atomic E-state index is 11.9. The summed E-state index contributed by atoms with van der Waals surface area (Å²) in [4.78, 5) is 13.7. The van der Waals surface area contributed by atoms with E-state index in [1.165, 1.54) is 5.56 Å². The minimum absolute atomic E-state index is 0.0961. The van der Waals surface area contributed by atoms with E-state index in [1.807, 2.05) is 19.2 Å². The van der Waals surface area contributed by atoms with Crippen LogP contribution in [-0.2, 0) is 11.2 Å². The van der Waals surface area contributed by atoms with Gasteiger partial charge in [-0.05, 0) is 30.5 Å². The molecule has 0 fully saturated rings. The topological polar surface area (TPSA) is 20.3 Å². The largest absolute Gasteiger partial charge is 0.314 e. The molecule has 0 radical (unpaired) electrons. The number of alkyl halides is 1. The van der Waals surface area contributed by atoms with Crippen molar-refractivity contribution in [3.8, 4) is 0 Å². The molecule has 1 aliphatic rings. The summed E-state index contributed by atoms with van der Waals surface area (Å²) in [6.45, 7) is 0. The van der Waals surface area contributed by atoms with Crippen LogP contribution in [0.15, 0.2) is 22.7 Å². The highest BCUT2D eigenvalue weighted by molar-refractivity contribution is 14.1. The Morgan fingerprint density at radius 3 is 3.00 bits per heavy atom. The van der Waals surface area contributed by atoms with Crippen molar-refractivity contribution in [1.29, 1.82) is 0 Å². The van der Waals surface area contributed by atoms with E-state index in [4.69, 9.17) is 0 Å². The Kier molecular flexibility index (Phi) is 3.35. The van der Waals surface area contributed by atoms with E-state index in [0.29, 0.717) is 0 Å². The third-order valence-corrected chi connectivity index (χ3v) is 4.32. The van der Waals surface area contributed by atoms with E-state index >= 15 is 0 Å². The molecule has 1 aromatic carbocycles. The lowest BCUT2D eigenvalue weighted by atomic mass is 10.1. The molecule has 15 heavy (non-hydrogen) atoms. The molecule has 0 aromatic heterocycles. The standard InChI is InChI=1S/C11H11BrINO/c1-14-10-6-8(12)4-2-7(10)3-5-9(13)11(14)15/h2,4,6,9H,3,5H2,1H3. The molecule has 2 rings (SSSR count). The van der Waals surface area contributed by atoms with Gasteiger partial charge in [0.2, 0.25) is 5.91 Å². The normalized spacial score (nSPS) is 21.1. The number of fused-ring (bicyclic) bond motifs is 1. The Hall–Kier alpha value is -0.100. The van der Waals surface area contributed by atoms with Crippen molar-refractivity contribution in [2.75, 3.05) is 11.9 Å². The highest BCUT2D eigenvalue weighted by Gasteiger charge is 2.25. The van der Waals surface area contributed by atoms with Gasteiger partial charge in [-0.15, -0.1) is 0 Å². The average molecular weight is 380 g/mol. The number of hydrogen-bond donors (Lipinski definition) is 0. The summed E-state index contributed by atoms with van der Waals surface area (Å²) in [5, 5.41) is 0. The Balaban J connectivity index is 2.48. The molecule has 0 N–H and O–H groups in total. The SMILES string of the molecule is CN1C(=O)C(I)CCc2ccc(Br)cc21. The number of nitrogens with zero attached hydrogens (tertiary/aromatic N) is 1. The van der Waals surface area contributed by atoms with Gasteiger partial charge in [0.15, 0.2) is 0 Å². The van der Waals surface area contributed by atoms with Crippen molar-refractivity contribution in [3.63, 3.8) is 0 Å². The van der Waals surface area contributed by atoms with Gasteiger partial charge in [-0.2, -0.15) is 0 Å². The third kappa shape index (κ3) is 2.20. The lowest BCUT2D eigenvalue weighted by Crippen LogP contribution is -2.31. The van der Waals surface area contributed by atoms with Gasteiger partial charge in [0, 0.05) is 17.2 Å². The zero-order chi connectivity index (χ0) is 11.0. The molecule has 0 aliphatic carbocycles. The summed E-state index contributed by atoms with van der Waals surface area (Å²) in [6, 6.07) is 6.14. The fourth-order valence-electron chi connectivity index (χ4n) is 1.80. The fourth-order valence-corrected chi connectivity index (χ4v) is 2.87. The van der Waals surface area contributed by atoms with Gasteiger partial charge in [0.25, 0.3) is 0 Å². The van der Waals surface area contributed by atoms with Crippen molar-refractivity contribution in [2.24, 2.45) is 0 Å². The van der Waals surface area contributed by atoms with Crippen LogP contribution in [0.5, 0.6) is 0 Å². The quantitative estimate of drug-likeness (QED) is 0.501. The molecular formula is C11H11BrINO. The lowest BCUT2D eigenvalue weighted by molar-refractivity contribution is -0.117. The molecule has 1 heterocycles. The first-order chi connectivity index (χ1) is 7.09. The first-order valence-electron chi connectivity index (χ1n) is 4.79. The third-order valence-electron chi connectivity index (χ3n) is 2.67. The number of amides is 1. The maximum atomic E-state index is 11.9. The molecule has 80 valence electrons. The van der Waals surface area contributed by atoms with Gasteiger partial charge in [0.05, 0.1) is 3.92 Å². The summed E-state index contributed by atoms with van der Waals surface area (Å²) in [5.74, 6) is 0.201. The molecule has 0 bridgehead atoms. The van der Waals surface area contributed by atoms with Crippen molar-refractivity contribution in [2.45, 2.75) is 16.8 Å². The first kappa shape index (κ1) is 11.4. The summed E-state index contributed by atoms with van der Waals surface area (Å²) >= 11 is 5.67. The molecule has 0 saturated carbocycles. The Labute approximate surface area is 111 Å². The van der Waals surface area contributed by atoms with E-state index < -0.39 is 0 Å². The van der Waals surface area contributed by atoms with Gasteiger partial charge in [-0.1, -0.05) is 44.6 Å². The molecule has 1 atom stereocenters. The van der Waals surface area contributed by atoms with Gasteiger partial charge < -0.3 is 4.90 Å². The van der Waals surface area contributed by atoms with Crippen molar-refractivity contribution in [3.05, 3.63) is 28.2 Å². The Bertz CT molecular complexity index is 408. The molecule has 1 unspecified atom stereocenters. The van der Waals surface area contributed by atoms with Crippen LogP contribution in [0.2, 0.25) is 0 Å². The molecule has 1 amide bonds. The second-order valence-electron chi connectivity index (χ2n) is 3.68. The average Bonchev–Trinajstić information content (AvgIpc) is 2.32. The Morgan fingerprint density at radius 2 is 2.27 bits per heavy atom. The molecule has 2 nitrogen and oxygen atoms in total. The highest BCUT2D eigenvalue weighted by atomic mass is 127. The summed E-state index contributed by atoms with van der Waals surface area (Å²) in [5.41, 5.74) is 2.29. The van der Waals surface area contributed by atoms with Crippen LogP contribution >= 0.6 is 38.5 Å². The molecule has 0 saturated heterocycles. The summed E-state index contributed by atoms with van der Waals surface area (Å²) < 4.78 is 1.12. The van der Waals surface area contributed by atoms with E-state index in [0.717, 1.165) is 23.0 Å². The minimum Gasteiger partial charge on any atom is -0.314 e. The first-order valence-corrected chi connectivity index (χ1v) is 6.83. The second kappa shape index (κ2) is 4.41. The highest BCUT2D eigenvalue weighted by Crippen LogP contribution is 2.30. The molecule has 1 aromatic rings. The van der Waals surface area contributed by atoms with Gasteiger partial charge in [0.1, 0.15) is 0 Å². The zero-order valence-electron chi connectivity index (χ0n) is 8.34. The van der Waals surface area contributed by atoms with Crippen LogP contribution in [0.25, 0.3) is 0 Å². The van der Waals surface area contributed by atoms with Crippen LogP contribution < -0.4 is 4.90 Å². The smallest absolute Gasteiger partial charge is 0.239 e. The zero-order valence-corrected chi connectivity index (χ0v) is 12.1. The predicted molar refractivity (Wildman–Crippen MR) is 73.7 cm³/mol. The molecule has 4 heteroatoms. The number of halogens is 2. The summed E-state index contributed by atoms with van der Waals surface area (Å²) in [6.07, 6.45) is 1.91. The monoisotopic (exact) mass is 379 g/mol. The number of carbonyl (C=O) groups is 1. The van der Waals surface area contributed by atoms with Crippen molar-refractivity contribution >= 4 is 50.1 Å². The number of benzene rings is 1. The van der Waals surface area contributed by atoms with E-state index in [1.54, 1.807) is 4.90 Å². The summed E-state index contributed by atoms with van der Waals surface area (Å²) in [7, 11) is 1.85. The van der Waals surface area contributed by atoms with Crippen LogP contribution in [0, 0.1) is 0 Å². The molecular weight excluding hydrogens is 369 g/mol. The van der Waals surface area contributed by atoms with E-state index in [2.05, 4.69) is 44.6 Å². The van der Waals surface area contributed by atoms with Crippen LogP contribution in [0.1, 0.15) is 12.0 Å². The molecule has 1 aliphatic heterocycles. The van der Waals surface area contributed by atoms with E-state index in [-0.39, 0.29) is 9.83 Å². The van der Waals surface area contributed by atoms with E-state index in [9.17, 15) is 4.79 Å². The van der Waals surface area contributed by atoms with Crippen LogP contribution in [0.4, 0.5) is 5.69 Å². The maximum Gasteiger partial charge on any atom is 0.239 e. The van der Waals surface area contributed by atoms with Gasteiger partial charge >= 0.3 is 0 Å². The fraction of sp³-hybridized carbons (Fsp3) is 0.364.